The molecule has 0 bridgehead atoms. The number of benzene rings is 1. The van der Waals surface area contributed by atoms with Crippen molar-refractivity contribution in [3.63, 3.8) is 0 Å². The van der Waals surface area contributed by atoms with Crippen molar-refractivity contribution >= 4 is 11.7 Å². The molecule has 0 saturated heterocycles. The molecule has 0 atom stereocenters. The summed E-state index contributed by atoms with van der Waals surface area (Å²) < 4.78 is 6.01. The fourth-order valence-corrected chi connectivity index (χ4v) is 2.48. The first kappa shape index (κ1) is 13.7. The monoisotopic (exact) mass is 260 g/mol. The second-order valence-corrected chi connectivity index (χ2v) is 4.86. The highest BCUT2D eigenvalue weighted by Gasteiger charge is 2.22. The van der Waals surface area contributed by atoms with Gasteiger partial charge in [0.1, 0.15) is 5.76 Å². The molecule has 1 aliphatic rings. The highest BCUT2D eigenvalue weighted by Crippen LogP contribution is 2.30. The third-order valence-electron chi connectivity index (χ3n) is 3.51. The maximum Gasteiger partial charge on any atom is 0.335 e. The lowest BCUT2D eigenvalue weighted by molar-refractivity contribution is -0.132. The molecule has 1 saturated carbocycles. The highest BCUT2D eigenvalue weighted by molar-refractivity contribution is 5.94. The van der Waals surface area contributed by atoms with Crippen molar-refractivity contribution in [2.45, 2.75) is 45.1 Å². The van der Waals surface area contributed by atoms with E-state index in [2.05, 4.69) is 0 Å². The van der Waals surface area contributed by atoms with Crippen LogP contribution in [0.25, 0.3) is 5.76 Å². The maximum absolute atomic E-state index is 11.4. The summed E-state index contributed by atoms with van der Waals surface area (Å²) in [4.78, 5) is 11.4. The molecule has 0 aliphatic heterocycles. The maximum atomic E-state index is 11.4. The Kier molecular flexibility index (Phi) is 4.61. The zero-order valence-corrected chi connectivity index (χ0v) is 11.3. The Morgan fingerprint density at radius 3 is 2.42 bits per heavy atom. The van der Waals surface area contributed by atoms with Crippen molar-refractivity contribution in [3.05, 3.63) is 41.5 Å². The van der Waals surface area contributed by atoms with Gasteiger partial charge in [-0.25, -0.2) is 4.79 Å². The van der Waals surface area contributed by atoms with Gasteiger partial charge in [-0.3, -0.25) is 0 Å². The third-order valence-corrected chi connectivity index (χ3v) is 3.51. The standard InChI is InChI=1S/C16H20O3/c1-2-14(16(17)18)15(12-8-4-3-5-9-12)19-13-10-6-7-11-13/h3-5,8-9,13H,2,6-7,10-11H2,1H3,(H,17,18). The fourth-order valence-electron chi connectivity index (χ4n) is 2.48. The number of rotatable bonds is 5. The summed E-state index contributed by atoms with van der Waals surface area (Å²) in [5.74, 6) is -0.346. The second kappa shape index (κ2) is 6.41. The van der Waals surface area contributed by atoms with Crippen LogP contribution in [-0.2, 0) is 9.53 Å². The van der Waals surface area contributed by atoms with Gasteiger partial charge in [0.15, 0.2) is 0 Å². The SMILES string of the molecule is CCC(C(=O)O)=C(OC1CCCC1)c1ccccc1. The van der Waals surface area contributed by atoms with Gasteiger partial charge in [-0.1, -0.05) is 37.3 Å². The van der Waals surface area contributed by atoms with E-state index in [1.54, 1.807) is 0 Å². The minimum Gasteiger partial charge on any atom is -0.489 e. The van der Waals surface area contributed by atoms with Crippen molar-refractivity contribution in [2.24, 2.45) is 0 Å². The number of carbonyl (C=O) groups is 1. The van der Waals surface area contributed by atoms with Crippen LogP contribution in [0.3, 0.4) is 0 Å². The molecule has 1 aliphatic carbocycles. The Hall–Kier alpha value is -1.77. The summed E-state index contributed by atoms with van der Waals surface area (Å²) in [6, 6.07) is 9.54. The largest absolute Gasteiger partial charge is 0.489 e. The molecule has 3 heteroatoms. The zero-order chi connectivity index (χ0) is 13.7. The Labute approximate surface area is 113 Å². The molecular weight excluding hydrogens is 240 g/mol. The average Bonchev–Trinajstić information content (AvgIpc) is 2.92. The molecule has 2 rings (SSSR count). The normalized spacial score (nSPS) is 17.1. The Bertz CT molecular complexity index is 456. The first-order chi connectivity index (χ1) is 9.22. The van der Waals surface area contributed by atoms with Crippen LogP contribution in [0.15, 0.2) is 35.9 Å². The van der Waals surface area contributed by atoms with Crippen LogP contribution < -0.4 is 0 Å². The summed E-state index contributed by atoms with van der Waals surface area (Å²) in [5.41, 5.74) is 1.21. The van der Waals surface area contributed by atoms with E-state index in [-0.39, 0.29) is 6.10 Å². The topological polar surface area (TPSA) is 46.5 Å². The first-order valence-electron chi connectivity index (χ1n) is 6.91. The molecule has 102 valence electrons. The van der Waals surface area contributed by atoms with Gasteiger partial charge in [-0.05, 0) is 32.1 Å². The molecule has 19 heavy (non-hydrogen) atoms. The Balaban J connectivity index is 2.34. The number of carboxylic acids is 1. The molecule has 1 aromatic carbocycles. The van der Waals surface area contributed by atoms with E-state index in [1.807, 2.05) is 37.3 Å². The Morgan fingerprint density at radius 2 is 1.89 bits per heavy atom. The molecule has 0 radical (unpaired) electrons. The van der Waals surface area contributed by atoms with Gasteiger partial charge in [-0.15, -0.1) is 0 Å². The van der Waals surface area contributed by atoms with Gasteiger partial charge in [0.2, 0.25) is 0 Å². The smallest absolute Gasteiger partial charge is 0.335 e. The fraction of sp³-hybridized carbons (Fsp3) is 0.438. The molecule has 0 aromatic heterocycles. The van der Waals surface area contributed by atoms with Crippen LogP contribution in [0.1, 0.15) is 44.6 Å². The number of ether oxygens (including phenoxy) is 1. The van der Waals surface area contributed by atoms with Crippen molar-refractivity contribution < 1.29 is 14.6 Å². The van der Waals surface area contributed by atoms with Crippen LogP contribution >= 0.6 is 0 Å². The van der Waals surface area contributed by atoms with Crippen LogP contribution in [0.5, 0.6) is 0 Å². The van der Waals surface area contributed by atoms with E-state index in [0.717, 1.165) is 18.4 Å². The van der Waals surface area contributed by atoms with Gasteiger partial charge in [0.25, 0.3) is 0 Å². The van der Waals surface area contributed by atoms with Gasteiger partial charge in [-0.2, -0.15) is 0 Å². The average molecular weight is 260 g/mol. The number of hydrogen-bond acceptors (Lipinski definition) is 2. The van der Waals surface area contributed by atoms with Crippen molar-refractivity contribution in [1.29, 1.82) is 0 Å². The first-order valence-corrected chi connectivity index (χ1v) is 6.91. The summed E-state index contributed by atoms with van der Waals surface area (Å²) in [6.45, 7) is 1.85. The van der Waals surface area contributed by atoms with Gasteiger partial charge in [0, 0.05) is 5.56 Å². The molecule has 0 heterocycles. The predicted octanol–water partition coefficient (Wildman–Crippen LogP) is 3.85. The van der Waals surface area contributed by atoms with E-state index in [0.29, 0.717) is 17.8 Å². The van der Waals surface area contributed by atoms with Crippen molar-refractivity contribution in [2.75, 3.05) is 0 Å². The molecular formula is C16H20O3. The van der Waals surface area contributed by atoms with Gasteiger partial charge in [0.05, 0.1) is 11.7 Å². The highest BCUT2D eigenvalue weighted by atomic mass is 16.5. The van der Waals surface area contributed by atoms with E-state index >= 15 is 0 Å². The minimum absolute atomic E-state index is 0.163. The molecule has 1 aromatic rings. The summed E-state index contributed by atoms with van der Waals surface area (Å²) >= 11 is 0. The van der Waals surface area contributed by atoms with Crippen LogP contribution in [0, 0.1) is 0 Å². The van der Waals surface area contributed by atoms with Crippen molar-refractivity contribution in [1.82, 2.24) is 0 Å². The zero-order valence-electron chi connectivity index (χ0n) is 11.3. The van der Waals surface area contributed by atoms with Crippen LogP contribution in [0.2, 0.25) is 0 Å². The summed E-state index contributed by atoms with van der Waals surface area (Å²) in [7, 11) is 0. The van der Waals surface area contributed by atoms with Crippen LogP contribution in [0.4, 0.5) is 0 Å². The van der Waals surface area contributed by atoms with Crippen LogP contribution in [-0.4, -0.2) is 17.2 Å². The molecule has 3 nitrogen and oxygen atoms in total. The van der Waals surface area contributed by atoms with Gasteiger partial charge >= 0.3 is 5.97 Å². The lowest BCUT2D eigenvalue weighted by Gasteiger charge is -2.19. The van der Waals surface area contributed by atoms with Gasteiger partial charge < -0.3 is 9.84 Å². The number of carboxylic acid groups (broad SMARTS) is 1. The Morgan fingerprint density at radius 1 is 1.26 bits per heavy atom. The summed E-state index contributed by atoms with van der Waals surface area (Å²) in [6.07, 6.45) is 5.01. The lowest BCUT2D eigenvalue weighted by Crippen LogP contribution is -2.12. The van der Waals surface area contributed by atoms with E-state index in [9.17, 15) is 9.90 Å². The lowest BCUT2D eigenvalue weighted by atomic mass is 10.1. The minimum atomic E-state index is -0.889. The predicted molar refractivity (Wildman–Crippen MR) is 74.6 cm³/mol. The quantitative estimate of drug-likeness (QED) is 0.646. The molecule has 1 N–H and O–H groups in total. The second-order valence-electron chi connectivity index (χ2n) is 4.86. The van der Waals surface area contributed by atoms with E-state index in [1.165, 1.54) is 12.8 Å². The summed E-state index contributed by atoms with van der Waals surface area (Å²) in [5, 5.41) is 9.34. The van der Waals surface area contributed by atoms with Crippen molar-refractivity contribution in [3.8, 4) is 0 Å². The molecule has 0 amide bonds. The molecule has 1 fully saturated rings. The molecule has 0 spiro atoms. The number of hydrogen-bond donors (Lipinski definition) is 1. The van der Waals surface area contributed by atoms with E-state index < -0.39 is 5.97 Å². The molecule has 0 unspecified atom stereocenters. The third kappa shape index (κ3) is 3.37. The number of aliphatic carboxylic acids is 1. The van der Waals surface area contributed by atoms with E-state index in [4.69, 9.17) is 4.74 Å².